The molecule has 6 nitrogen and oxygen atoms in total. The zero-order valence-electron chi connectivity index (χ0n) is 22.0. The number of carbonyl (C=O) groups is 2. The van der Waals surface area contributed by atoms with E-state index in [2.05, 4.69) is 51.6 Å². The zero-order valence-corrected chi connectivity index (χ0v) is 22.0. The molecule has 192 valence electrons. The van der Waals surface area contributed by atoms with Gasteiger partial charge < -0.3 is 10.2 Å². The average molecular weight is 497 g/mol. The number of hydrogen-bond donors (Lipinski definition) is 1. The minimum atomic E-state index is -0.0821. The molecule has 2 amide bonds. The molecule has 0 bridgehead atoms. The minimum absolute atomic E-state index is 0.0647. The maximum Gasteiger partial charge on any atom is 0.253 e. The van der Waals surface area contributed by atoms with Crippen molar-refractivity contribution in [2.75, 3.05) is 31.5 Å². The maximum atomic E-state index is 12.8. The van der Waals surface area contributed by atoms with Crippen LogP contribution in [0.25, 0.3) is 5.57 Å². The van der Waals surface area contributed by atoms with Gasteiger partial charge in [-0.05, 0) is 85.4 Å². The molecule has 0 radical (unpaired) electrons. The van der Waals surface area contributed by atoms with Crippen molar-refractivity contribution in [3.63, 3.8) is 0 Å². The van der Waals surface area contributed by atoms with Gasteiger partial charge in [-0.25, -0.2) is 0 Å². The Bertz CT molecular complexity index is 1220. The molecule has 4 rings (SSSR count). The summed E-state index contributed by atoms with van der Waals surface area (Å²) in [5, 5.41) is 2.85. The fraction of sp³-hybridized carbons (Fsp3) is 0.323. The van der Waals surface area contributed by atoms with Crippen molar-refractivity contribution in [2.24, 2.45) is 0 Å². The highest BCUT2D eigenvalue weighted by Crippen LogP contribution is 2.33. The van der Waals surface area contributed by atoms with E-state index in [4.69, 9.17) is 0 Å². The smallest absolute Gasteiger partial charge is 0.253 e. The molecule has 1 fully saturated rings. The SMILES string of the molecule is CCN(CC)C(=O)c1ccc(C(=C2CCN(Cc3ccncc3)CC2)c2ccc(NC(C)=O)cc2)cc1. The normalized spacial score (nSPS) is 13.8. The highest BCUT2D eigenvalue weighted by molar-refractivity contribution is 5.95. The van der Waals surface area contributed by atoms with Crippen LogP contribution >= 0.6 is 0 Å². The van der Waals surface area contributed by atoms with Gasteiger partial charge >= 0.3 is 0 Å². The average Bonchev–Trinajstić information content (AvgIpc) is 2.92. The van der Waals surface area contributed by atoms with Crippen LogP contribution in [-0.2, 0) is 11.3 Å². The third-order valence-electron chi connectivity index (χ3n) is 6.93. The van der Waals surface area contributed by atoms with E-state index < -0.39 is 0 Å². The number of benzene rings is 2. The topological polar surface area (TPSA) is 65.5 Å². The fourth-order valence-electron chi connectivity index (χ4n) is 4.95. The second-order valence-electron chi connectivity index (χ2n) is 9.42. The quantitative estimate of drug-likeness (QED) is 0.440. The van der Waals surface area contributed by atoms with Gasteiger partial charge in [-0.15, -0.1) is 0 Å². The molecule has 1 aliphatic rings. The Kier molecular flexibility index (Phi) is 8.86. The summed E-state index contributed by atoms with van der Waals surface area (Å²) in [6, 6.07) is 20.2. The van der Waals surface area contributed by atoms with Crippen LogP contribution in [0.3, 0.4) is 0 Å². The van der Waals surface area contributed by atoms with Crippen LogP contribution in [0.15, 0.2) is 78.6 Å². The van der Waals surface area contributed by atoms with Gasteiger partial charge in [0, 0.05) is 63.3 Å². The third kappa shape index (κ3) is 6.71. The van der Waals surface area contributed by atoms with E-state index in [9.17, 15) is 9.59 Å². The first-order chi connectivity index (χ1) is 18.0. The number of nitrogens with zero attached hydrogens (tertiary/aromatic N) is 3. The zero-order chi connectivity index (χ0) is 26.2. The van der Waals surface area contributed by atoms with Crippen molar-refractivity contribution in [3.8, 4) is 0 Å². The van der Waals surface area contributed by atoms with E-state index in [-0.39, 0.29) is 11.8 Å². The van der Waals surface area contributed by atoms with Gasteiger partial charge in [-0.1, -0.05) is 29.8 Å². The molecule has 0 unspecified atom stereocenters. The summed E-state index contributed by atoms with van der Waals surface area (Å²) in [6.45, 7) is 9.83. The molecule has 0 atom stereocenters. The number of likely N-dealkylation sites (tertiary alicyclic amines) is 1. The van der Waals surface area contributed by atoms with Crippen LogP contribution in [0.2, 0.25) is 0 Å². The van der Waals surface area contributed by atoms with Crippen LogP contribution in [0.1, 0.15) is 60.7 Å². The van der Waals surface area contributed by atoms with E-state index >= 15 is 0 Å². The number of pyridine rings is 1. The van der Waals surface area contributed by atoms with Crippen LogP contribution in [0.4, 0.5) is 5.69 Å². The van der Waals surface area contributed by atoms with E-state index in [1.807, 2.05) is 55.4 Å². The Morgan fingerprint density at radius 2 is 1.38 bits per heavy atom. The second-order valence-corrected chi connectivity index (χ2v) is 9.42. The summed E-state index contributed by atoms with van der Waals surface area (Å²) in [7, 11) is 0. The van der Waals surface area contributed by atoms with E-state index in [0.29, 0.717) is 18.7 Å². The summed E-state index contributed by atoms with van der Waals surface area (Å²) in [5.74, 6) is -0.0174. The lowest BCUT2D eigenvalue weighted by atomic mass is 9.88. The molecule has 2 heterocycles. The van der Waals surface area contributed by atoms with Crippen molar-refractivity contribution in [1.82, 2.24) is 14.8 Å². The molecule has 1 aliphatic heterocycles. The minimum Gasteiger partial charge on any atom is -0.339 e. The van der Waals surface area contributed by atoms with Gasteiger partial charge in [-0.3, -0.25) is 19.5 Å². The molecule has 6 heteroatoms. The van der Waals surface area contributed by atoms with Crippen LogP contribution < -0.4 is 5.32 Å². The van der Waals surface area contributed by atoms with Crippen molar-refractivity contribution < 1.29 is 9.59 Å². The predicted molar refractivity (Wildman–Crippen MR) is 149 cm³/mol. The Hall–Kier alpha value is -3.77. The summed E-state index contributed by atoms with van der Waals surface area (Å²) < 4.78 is 0. The van der Waals surface area contributed by atoms with Gasteiger partial charge in [-0.2, -0.15) is 0 Å². The van der Waals surface area contributed by atoms with Crippen molar-refractivity contribution in [3.05, 3.63) is 101 Å². The fourth-order valence-corrected chi connectivity index (χ4v) is 4.95. The van der Waals surface area contributed by atoms with Gasteiger partial charge in [0.2, 0.25) is 5.91 Å². The molecule has 1 aromatic heterocycles. The Labute approximate surface area is 220 Å². The third-order valence-corrected chi connectivity index (χ3v) is 6.93. The highest BCUT2D eigenvalue weighted by Gasteiger charge is 2.20. The number of carbonyl (C=O) groups excluding carboxylic acids is 2. The van der Waals surface area contributed by atoms with Crippen molar-refractivity contribution in [1.29, 1.82) is 0 Å². The number of nitrogens with one attached hydrogen (secondary N) is 1. The van der Waals surface area contributed by atoms with E-state index in [0.717, 1.165) is 49.3 Å². The molecule has 0 saturated carbocycles. The maximum absolute atomic E-state index is 12.8. The number of aromatic nitrogens is 1. The lowest BCUT2D eigenvalue weighted by Crippen LogP contribution is -2.30. The predicted octanol–water partition coefficient (Wildman–Crippen LogP) is 5.62. The first-order valence-electron chi connectivity index (χ1n) is 13.1. The number of anilines is 1. The summed E-state index contributed by atoms with van der Waals surface area (Å²) in [6.07, 6.45) is 5.66. The van der Waals surface area contributed by atoms with E-state index in [1.165, 1.54) is 23.6 Å². The Morgan fingerprint density at radius 1 is 0.838 bits per heavy atom. The van der Waals surface area contributed by atoms with Gasteiger partial charge in [0.15, 0.2) is 0 Å². The molecular formula is C31H36N4O2. The molecule has 3 aromatic rings. The second kappa shape index (κ2) is 12.5. The Balaban J connectivity index is 1.62. The number of amides is 2. The highest BCUT2D eigenvalue weighted by atomic mass is 16.2. The largest absolute Gasteiger partial charge is 0.339 e. The first kappa shape index (κ1) is 26.3. The lowest BCUT2D eigenvalue weighted by molar-refractivity contribution is -0.114. The summed E-state index contributed by atoms with van der Waals surface area (Å²) in [5.41, 5.74) is 7.65. The van der Waals surface area contributed by atoms with Crippen molar-refractivity contribution >= 4 is 23.1 Å². The summed E-state index contributed by atoms with van der Waals surface area (Å²) >= 11 is 0. The van der Waals surface area contributed by atoms with Crippen molar-refractivity contribution in [2.45, 2.75) is 40.2 Å². The molecular weight excluding hydrogens is 460 g/mol. The van der Waals surface area contributed by atoms with Crippen LogP contribution in [0.5, 0.6) is 0 Å². The summed E-state index contributed by atoms with van der Waals surface area (Å²) in [4.78, 5) is 32.8. The van der Waals surface area contributed by atoms with Crippen LogP contribution in [-0.4, -0.2) is 52.8 Å². The number of rotatable bonds is 8. The monoisotopic (exact) mass is 496 g/mol. The molecule has 1 saturated heterocycles. The molecule has 37 heavy (non-hydrogen) atoms. The number of piperidine rings is 1. The van der Waals surface area contributed by atoms with Gasteiger partial charge in [0.05, 0.1) is 0 Å². The lowest BCUT2D eigenvalue weighted by Gasteiger charge is -2.30. The van der Waals surface area contributed by atoms with Gasteiger partial charge in [0.25, 0.3) is 5.91 Å². The Morgan fingerprint density at radius 3 is 1.92 bits per heavy atom. The molecule has 1 N–H and O–H groups in total. The standard InChI is InChI=1S/C31H36N4O2/c1-4-35(5-2)31(37)28-8-6-25(7-9-28)30(26-10-12-29(13-11-26)33-23(3)36)27-16-20-34(21-17-27)22-24-14-18-32-19-15-24/h6-15,18-19H,4-5,16-17,20-22H2,1-3H3,(H,33,36). The number of hydrogen-bond acceptors (Lipinski definition) is 4. The molecule has 0 spiro atoms. The molecule has 2 aromatic carbocycles. The van der Waals surface area contributed by atoms with Crippen LogP contribution in [0, 0.1) is 0 Å². The first-order valence-corrected chi connectivity index (χ1v) is 13.1. The molecule has 0 aliphatic carbocycles. The van der Waals surface area contributed by atoms with Gasteiger partial charge in [0.1, 0.15) is 0 Å². The van der Waals surface area contributed by atoms with E-state index in [1.54, 1.807) is 0 Å².